The van der Waals surface area contributed by atoms with E-state index in [4.69, 9.17) is 15.1 Å². The zero-order valence-electron chi connectivity index (χ0n) is 19.0. The molecule has 4 aromatic rings. The zero-order valence-corrected chi connectivity index (χ0v) is 19.0. The maximum Gasteiger partial charge on any atom is 0.293 e. The Balaban J connectivity index is 1.40. The van der Waals surface area contributed by atoms with Crippen molar-refractivity contribution in [1.29, 1.82) is 0 Å². The van der Waals surface area contributed by atoms with Crippen LogP contribution in [-0.4, -0.2) is 56.0 Å². The molecule has 0 aliphatic carbocycles. The van der Waals surface area contributed by atoms with Gasteiger partial charge in [0.1, 0.15) is 5.75 Å². The number of para-hydroxylation sites is 1. The Bertz CT molecular complexity index is 1380. The number of nitrogens with zero attached hydrogens (tertiary/aromatic N) is 7. The second-order valence-electron chi connectivity index (χ2n) is 7.94. The van der Waals surface area contributed by atoms with E-state index in [0.29, 0.717) is 23.6 Å². The van der Waals surface area contributed by atoms with Crippen LogP contribution in [0.15, 0.2) is 58.3 Å². The Kier molecular flexibility index (Phi) is 6.18. The minimum atomic E-state index is -0.523. The topological polar surface area (TPSA) is 150 Å². The van der Waals surface area contributed by atoms with E-state index in [1.807, 2.05) is 30.3 Å². The molecular weight excluding hydrogens is 450 g/mol. The second kappa shape index (κ2) is 9.73. The van der Waals surface area contributed by atoms with Crippen molar-refractivity contribution in [2.45, 2.75) is 19.5 Å². The fraction of sp³-hybridized carbons (Fsp3) is 0.217. The molecular formula is C23H23N9O3. The highest BCUT2D eigenvalue weighted by atomic mass is 16.6. The highest BCUT2D eigenvalue weighted by Gasteiger charge is 2.27. The van der Waals surface area contributed by atoms with Crippen LogP contribution in [-0.2, 0) is 19.5 Å². The van der Waals surface area contributed by atoms with Gasteiger partial charge in [0.05, 0.1) is 19.0 Å². The van der Waals surface area contributed by atoms with Gasteiger partial charge in [-0.25, -0.2) is 10.1 Å². The molecule has 0 atom stereocenters. The number of benzene rings is 2. The first-order valence-corrected chi connectivity index (χ1v) is 10.9. The fourth-order valence-electron chi connectivity index (χ4n) is 4.02. The molecule has 3 N–H and O–H groups in total. The van der Waals surface area contributed by atoms with Crippen LogP contribution in [0.25, 0.3) is 5.82 Å². The molecule has 0 bridgehead atoms. The molecule has 1 aliphatic rings. The number of nitrogen functional groups attached to an aromatic ring is 1. The van der Waals surface area contributed by atoms with Crippen LogP contribution in [0.3, 0.4) is 0 Å². The van der Waals surface area contributed by atoms with Crippen LogP contribution in [0.1, 0.15) is 32.9 Å². The number of ether oxygens (including phenoxy) is 1. The van der Waals surface area contributed by atoms with E-state index >= 15 is 0 Å². The van der Waals surface area contributed by atoms with Crippen LogP contribution >= 0.6 is 0 Å². The summed E-state index contributed by atoms with van der Waals surface area (Å²) in [5, 5.41) is 19.7. The van der Waals surface area contributed by atoms with Crippen molar-refractivity contribution >= 4 is 17.9 Å². The predicted molar refractivity (Wildman–Crippen MR) is 126 cm³/mol. The molecule has 0 unspecified atom stereocenters. The van der Waals surface area contributed by atoms with E-state index in [1.54, 1.807) is 13.2 Å². The smallest absolute Gasteiger partial charge is 0.293 e. The Morgan fingerprint density at radius 3 is 2.80 bits per heavy atom. The largest absolute Gasteiger partial charge is 0.496 e. The lowest BCUT2D eigenvalue weighted by Gasteiger charge is -2.28. The van der Waals surface area contributed by atoms with Gasteiger partial charge in [0, 0.05) is 25.2 Å². The summed E-state index contributed by atoms with van der Waals surface area (Å²) >= 11 is 0. The van der Waals surface area contributed by atoms with Gasteiger partial charge in [-0.2, -0.15) is 9.78 Å². The quantitative estimate of drug-likeness (QED) is 0.301. The van der Waals surface area contributed by atoms with Crippen molar-refractivity contribution < 1.29 is 14.2 Å². The number of amides is 1. The summed E-state index contributed by atoms with van der Waals surface area (Å²) in [6.45, 7) is 1.91. The number of carbonyl (C=O) groups is 1. The lowest BCUT2D eigenvalue weighted by atomic mass is 10.00. The van der Waals surface area contributed by atoms with Crippen LogP contribution in [0.2, 0.25) is 0 Å². The molecule has 12 nitrogen and oxygen atoms in total. The number of anilines is 1. The number of hydrogen-bond donors (Lipinski definition) is 2. The van der Waals surface area contributed by atoms with Crippen molar-refractivity contribution in [2.24, 2.45) is 5.10 Å². The van der Waals surface area contributed by atoms with Gasteiger partial charge >= 0.3 is 0 Å². The highest BCUT2D eigenvalue weighted by Crippen LogP contribution is 2.23. The molecule has 3 heterocycles. The molecule has 1 aliphatic heterocycles. The summed E-state index contributed by atoms with van der Waals surface area (Å²) in [5.41, 5.74) is 12.3. The molecule has 35 heavy (non-hydrogen) atoms. The highest BCUT2D eigenvalue weighted by molar-refractivity contribution is 5.94. The number of methoxy groups -OCH3 is 1. The fourth-order valence-corrected chi connectivity index (χ4v) is 4.02. The number of aromatic nitrogens is 5. The van der Waals surface area contributed by atoms with Gasteiger partial charge in [0.2, 0.25) is 11.6 Å². The summed E-state index contributed by atoms with van der Waals surface area (Å²) in [6.07, 6.45) is 2.40. The average molecular weight is 473 g/mol. The minimum Gasteiger partial charge on any atom is -0.496 e. The lowest BCUT2D eigenvalue weighted by Crippen LogP contribution is -2.32. The molecule has 2 aromatic carbocycles. The van der Waals surface area contributed by atoms with Crippen molar-refractivity contribution in [2.75, 3.05) is 19.4 Å². The van der Waals surface area contributed by atoms with Gasteiger partial charge in [-0.05, 0) is 40.0 Å². The van der Waals surface area contributed by atoms with E-state index in [-0.39, 0.29) is 17.3 Å². The van der Waals surface area contributed by atoms with E-state index in [0.717, 1.165) is 19.5 Å². The first-order chi connectivity index (χ1) is 17.1. The van der Waals surface area contributed by atoms with Crippen LogP contribution < -0.4 is 15.9 Å². The Morgan fingerprint density at radius 1 is 1.20 bits per heavy atom. The molecule has 1 amide bonds. The molecule has 0 radical (unpaired) electrons. The molecule has 178 valence electrons. The zero-order chi connectivity index (χ0) is 24.2. The second-order valence-corrected chi connectivity index (χ2v) is 7.94. The molecule has 0 spiro atoms. The van der Waals surface area contributed by atoms with E-state index in [1.165, 1.54) is 22.0 Å². The molecule has 12 heteroatoms. The first-order valence-electron chi connectivity index (χ1n) is 10.9. The number of nitrogens with one attached hydrogen (secondary N) is 1. The van der Waals surface area contributed by atoms with Crippen molar-refractivity contribution in [1.82, 2.24) is 35.6 Å². The monoisotopic (exact) mass is 473 g/mol. The molecule has 0 saturated carbocycles. The average Bonchev–Trinajstić information content (AvgIpc) is 3.49. The van der Waals surface area contributed by atoms with Crippen molar-refractivity contribution in [3.05, 3.63) is 76.6 Å². The molecule has 2 aromatic heterocycles. The molecule has 0 saturated heterocycles. The maximum absolute atomic E-state index is 13.0. The van der Waals surface area contributed by atoms with Crippen LogP contribution in [0.4, 0.5) is 5.82 Å². The maximum atomic E-state index is 13.0. The third kappa shape index (κ3) is 4.59. The molecule has 0 fully saturated rings. The Labute approximate surface area is 200 Å². The van der Waals surface area contributed by atoms with Gasteiger partial charge in [-0.1, -0.05) is 41.6 Å². The van der Waals surface area contributed by atoms with Gasteiger partial charge in [-0.15, -0.1) is 5.10 Å². The number of carbonyl (C=O) groups excluding carboxylic acids is 1. The third-order valence-electron chi connectivity index (χ3n) is 5.77. The first kappa shape index (κ1) is 22.2. The van der Waals surface area contributed by atoms with Gasteiger partial charge < -0.3 is 10.5 Å². The van der Waals surface area contributed by atoms with E-state index in [9.17, 15) is 4.79 Å². The van der Waals surface area contributed by atoms with E-state index < -0.39 is 5.91 Å². The standard InChI is InChI=1S/C23H23N9O3/c1-34-19-9-5-4-7-16(19)12-25-27-23(33)20-18(32(30-26-20)22-21(24)28-35-29-22)14-31-11-10-15-6-2-3-8-17(15)13-31/h2-9,12H,10-11,13-14H2,1H3,(H2,24,28)(H,27,33)/b25-12+. The van der Waals surface area contributed by atoms with Crippen molar-refractivity contribution in [3.63, 3.8) is 0 Å². The number of fused-ring (bicyclic) bond motifs is 1. The Morgan fingerprint density at radius 2 is 2.00 bits per heavy atom. The molecule has 5 rings (SSSR count). The van der Waals surface area contributed by atoms with Crippen LogP contribution in [0, 0.1) is 0 Å². The number of rotatable bonds is 7. The number of nitrogens with two attached hydrogens (primary N) is 1. The summed E-state index contributed by atoms with van der Waals surface area (Å²) in [6, 6.07) is 15.6. The van der Waals surface area contributed by atoms with Crippen molar-refractivity contribution in [3.8, 4) is 11.6 Å². The van der Waals surface area contributed by atoms with Crippen LogP contribution in [0.5, 0.6) is 5.75 Å². The minimum absolute atomic E-state index is 0.0429. The summed E-state index contributed by atoms with van der Waals surface area (Å²) in [5.74, 6) is 0.323. The number of hydrogen-bond acceptors (Lipinski definition) is 10. The summed E-state index contributed by atoms with van der Waals surface area (Å²) < 4.78 is 11.4. The lowest BCUT2D eigenvalue weighted by molar-refractivity contribution is 0.0947. The summed E-state index contributed by atoms with van der Waals surface area (Å²) in [7, 11) is 1.57. The van der Waals surface area contributed by atoms with E-state index in [2.05, 4.69) is 48.2 Å². The van der Waals surface area contributed by atoms with Gasteiger partial charge in [0.15, 0.2) is 5.69 Å². The number of hydrazone groups is 1. The van der Waals surface area contributed by atoms with Gasteiger partial charge in [0.25, 0.3) is 5.91 Å². The summed E-state index contributed by atoms with van der Waals surface area (Å²) in [4.78, 5) is 15.2. The third-order valence-corrected chi connectivity index (χ3v) is 5.77. The Hall–Kier alpha value is -4.58. The van der Waals surface area contributed by atoms with Gasteiger partial charge in [-0.3, -0.25) is 9.69 Å². The normalized spacial score (nSPS) is 13.6. The predicted octanol–water partition coefficient (Wildman–Crippen LogP) is 1.56. The SMILES string of the molecule is COc1ccccc1/C=N/NC(=O)c1nnn(-c2nonc2N)c1CN1CCc2ccccc2C1.